The Labute approximate surface area is 146 Å². The van der Waals surface area contributed by atoms with Gasteiger partial charge < -0.3 is 4.90 Å². The van der Waals surface area contributed by atoms with Gasteiger partial charge in [0.2, 0.25) is 0 Å². The van der Waals surface area contributed by atoms with E-state index >= 15 is 0 Å². The predicted molar refractivity (Wildman–Crippen MR) is 98.5 cm³/mol. The highest BCUT2D eigenvalue weighted by atomic mass is 35.5. The Kier molecular flexibility index (Phi) is 4.54. The molecule has 122 valence electrons. The summed E-state index contributed by atoms with van der Waals surface area (Å²) in [4.78, 5) is 18.9. The Morgan fingerprint density at radius 1 is 1.12 bits per heavy atom. The van der Waals surface area contributed by atoms with E-state index in [1.807, 2.05) is 31.3 Å². The second-order valence-corrected chi connectivity index (χ2v) is 6.49. The number of aromatic nitrogens is 1. The zero-order chi connectivity index (χ0) is 17.3. The summed E-state index contributed by atoms with van der Waals surface area (Å²) in [6.45, 7) is 4.69. The summed E-state index contributed by atoms with van der Waals surface area (Å²) in [5, 5.41) is 1.15. The zero-order valence-corrected chi connectivity index (χ0v) is 14.8. The van der Waals surface area contributed by atoms with Gasteiger partial charge in [-0.2, -0.15) is 0 Å². The third-order valence-electron chi connectivity index (χ3n) is 4.17. The molecule has 3 aromatic rings. The van der Waals surface area contributed by atoms with E-state index in [-0.39, 0.29) is 5.91 Å². The molecule has 3 rings (SSSR count). The summed E-state index contributed by atoms with van der Waals surface area (Å²) in [7, 11) is 1.81. The fraction of sp³-hybridized carbons (Fsp3) is 0.200. The number of pyridine rings is 1. The second kappa shape index (κ2) is 6.62. The van der Waals surface area contributed by atoms with Crippen LogP contribution in [0.1, 0.15) is 27.0 Å². The largest absolute Gasteiger partial charge is 0.337 e. The minimum atomic E-state index is -0.0597. The zero-order valence-electron chi connectivity index (χ0n) is 14.0. The minimum Gasteiger partial charge on any atom is -0.337 e. The van der Waals surface area contributed by atoms with E-state index in [1.165, 1.54) is 11.1 Å². The van der Waals surface area contributed by atoms with Crippen LogP contribution in [0.2, 0.25) is 5.15 Å². The lowest BCUT2D eigenvalue weighted by atomic mass is 10.0. The first-order valence-corrected chi connectivity index (χ1v) is 8.20. The standard InChI is InChI=1S/C20H19ClN2O/c1-13-8-9-15(14(2)10-13)12-23(3)20(24)17-11-19(21)22-18-7-5-4-6-16(17)18/h4-11H,12H2,1-3H3. The van der Waals surface area contributed by atoms with Crippen molar-refractivity contribution in [2.24, 2.45) is 0 Å². The number of rotatable bonds is 3. The van der Waals surface area contributed by atoms with E-state index in [4.69, 9.17) is 11.6 Å². The third-order valence-corrected chi connectivity index (χ3v) is 4.36. The van der Waals surface area contributed by atoms with Crippen molar-refractivity contribution in [3.8, 4) is 0 Å². The van der Waals surface area contributed by atoms with Crippen molar-refractivity contribution in [2.45, 2.75) is 20.4 Å². The number of fused-ring (bicyclic) bond motifs is 1. The molecule has 0 radical (unpaired) electrons. The number of para-hydroxylation sites is 1. The summed E-state index contributed by atoms with van der Waals surface area (Å²) in [5.41, 5.74) is 4.86. The summed E-state index contributed by atoms with van der Waals surface area (Å²) >= 11 is 6.09. The highest BCUT2D eigenvalue weighted by Crippen LogP contribution is 2.23. The summed E-state index contributed by atoms with van der Waals surface area (Å²) in [6, 6.07) is 15.5. The Morgan fingerprint density at radius 2 is 1.88 bits per heavy atom. The summed E-state index contributed by atoms with van der Waals surface area (Å²) < 4.78 is 0. The molecule has 0 fully saturated rings. The second-order valence-electron chi connectivity index (χ2n) is 6.10. The van der Waals surface area contributed by atoms with Gasteiger partial charge in [0.05, 0.1) is 11.1 Å². The van der Waals surface area contributed by atoms with Crippen LogP contribution in [0.5, 0.6) is 0 Å². The summed E-state index contributed by atoms with van der Waals surface area (Å²) in [6.07, 6.45) is 0. The monoisotopic (exact) mass is 338 g/mol. The van der Waals surface area contributed by atoms with Crippen LogP contribution < -0.4 is 0 Å². The number of nitrogens with zero attached hydrogens (tertiary/aromatic N) is 2. The molecule has 2 aromatic carbocycles. The normalized spacial score (nSPS) is 10.8. The van der Waals surface area contributed by atoms with Crippen molar-refractivity contribution in [3.05, 3.63) is 75.9 Å². The van der Waals surface area contributed by atoms with Gasteiger partial charge in [0.1, 0.15) is 5.15 Å². The molecule has 1 heterocycles. The Balaban J connectivity index is 1.94. The molecule has 0 aliphatic rings. The lowest BCUT2D eigenvalue weighted by Gasteiger charge is -2.20. The number of amides is 1. The lowest BCUT2D eigenvalue weighted by molar-refractivity contribution is 0.0787. The van der Waals surface area contributed by atoms with Crippen molar-refractivity contribution >= 4 is 28.4 Å². The Morgan fingerprint density at radius 3 is 2.62 bits per heavy atom. The lowest BCUT2D eigenvalue weighted by Crippen LogP contribution is -2.26. The van der Waals surface area contributed by atoms with Crippen molar-refractivity contribution in [2.75, 3.05) is 7.05 Å². The van der Waals surface area contributed by atoms with Gasteiger partial charge in [-0.15, -0.1) is 0 Å². The van der Waals surface area contributed by atoms with Gasteiger partial charge in [0, 0.05) is 19.0 Å². The number of aryl methyl sites for hydroxylation is 2. The highest BCUT2D eigenvalue weighted by Gasteiger charge is 2.17. The van der Waals surface area contributed by atoms with Crippen LogP contribution in [-0.4, -0.2) is 22.8 Å². The van der Waals surface area contributed by atoms with E-state index in [0.29, 0.717) is 17.3 Å². The first-order chi connectivity index (χ1) is 11.5. The number of hydrogen-bond donors (Lipinski definition) is 0. The molecular weight excluding hydrogens is 320 g/mol. The third kappa shape index (κ3) is 3.26. The molecule has 0 aliphatic heterocycles. The topological polar surface area (TPSA) is 33.2 Å². The molecule has 4 heteroatoms. The molecule has 0 saturated carbocycles. The van der Waals surface area contributed by atoms with Crippen LogP contribution in [0.3, 0.4) is 0 Å². The number of hydrogen-bond acceptors (Lipinski definition) is 2. The Bertz CT molecular complexity index is 921. The van der Waals surface area contributed by atoms with Crippen LogP contribution in [0.25, 0.3) is 10.9 Å². The molecule has 0 saturated heterocycles. The van der Waals surface area contributed by atoms with Gasteiger partial charge >= 0.3 is 0 Å². The number of benzene rings is 2. The van der Waals surface area contributed by atoms with Gasteiger partial charge in [-0.25, -0.2) is 4.98 Å². The smallest absolute Gasteiger partial charge is 0.254 e. The van der Waals surface area contributed by atoms with Crippen molar-refractivity contribution in [3.63, 3.8) is 0 Å². The first-order valence-electron chi connectivity index (χ1n) is 7.82. The van der Waals surface area contributed by atoms with Crippen molar-refractivity contribution < 1.29 is 4.79 Å². The van der Waals surface area contributed by atoms with E-state index in [2.05, 4.69) is 37.0 Å². The SMILES string of the molecule is Cc1ccc(CN(C)C(=O)c2cc(Cl)nc3ccccc23)c(C)c1. The summed E-state index contributed by atoms with van der Waals surface area (Å²) in [5.74, 6) is -0.0597. The van der Waals surface area contributed by atoms with Crippen LogP contribution in [0.4, 0.5) is 0 Å². The quantitative estimate of drug-likeness (QED) is 0.644. The molecule has 0 bridgehead atoms. The molecule has 0 atom stereocenters. The van der Waals surface area contributed by atoms with Crippen molar-refractivity contribution in [1.29, 1.82) is 0 Å². The Hall–Kier alpha value is -2.39. The van der Waals surface area contributed by atoms with Gasteiger partial charge in [-0.1, -0.05) is 53.6 Å². The number of halogens is 1. The molecule has 0 unspecified atom stereocenters. The molecule has 24 heavy (non-hydrogen) atoms. The fourth-order valence-corrected chi connectivity index (χ4v) is 3.08. The maximum atomic E-state index is 12.9. The fourth-order valence-electron chi connectivity index (χ4n) is 2.88. The van der Waals surface area contributed by atoms with Gasteiger partial charge in [0.15, 0.2) is 0 Å². The molecule has 0 aliphatic carbocycles. The maximum Gasteiger partial charge on any atom is 0.254 e. The predicted octanol–water partition coefficient (Wildman–Crippen LogP) is 4.78. The van der Waals surface area contributed by atoms with E-state index in [9.17, 15) is 4.79 Å². The van der Waals surface area contributed by atoms with E-state index < -0.39 is 0 Å². The average molecular weight is 339 g/mol. The molecular formula is C20H19ClN2O. The van der Waals surface area contributed by atoms with Gasteiger partial charge in [-0.3, -0.25) is 4.79 Å². The first kappa shape index (κ1) is 16.5. The molecule has 0 N–H and O–H groups in total. The van der Waals surface area contributed by atoms with Crippen LogP contribution in [0.15, 0.2) is 48.5 Å². The minimum absolute atomic E-state index is 0.0597. The van der Waals surface area contributed by atoms with Crippen LogP contribution in [-0.2, 0) is 6.54 Å². The maximum absolute atomic E-state index is 12.9. The van der Waals surface area contributed by atoms with Gasteiger partial charge in [-0.05, 0) is 37.1 Å². The molecule has 0 spiro atoms. The molecule has 1 aromatic heterocycles. The molecule has 1 amide bonds. The highest BCUT2D eigenvalue weighted by molar-refractivity contribution is 6.30. The number of carbonyl (C=O) groups excluding carboxylic acids is 1. The van der Waals surface area contributed by atoms with Crippen LogP contribution in [0, 0.1) is 13.8 Å². The van der Waals surface area contributed by atoms with E-state index in [1.54, 1.807) is 11.0 Å². The number of carbonyl (C=O) groups is 1. The van der Waals surface area contributed by atoms with Crippen LogP contribution >= 0.6 is 11.6 Å². The van der Waals surface area contributed by atoms with Crippen molar-refractivity contribution in [1.82, 2.24) is 9.88 Å². The van der Waals surface area contributed by atoms with Gasteiger partial charge in [0.25, 0.3) is 5.91 Å². The average Bonchev–Trinajstić information content (AvgIpc) is 2.55. The molecule has 3 nitrogen and oxygen atoms in total. The van der Waals surface area contributed by atoms with E-state index in [0.717, 1.165) is 16.5 Å².